The van der Waals surface area contributed by atoms with Crippen LogP contribution in [0.15, 0.2) is 47.4 Å². The molecule has 1 N–H and O–H groups in total. The number of amides is 1. The molecule has 0 saturated carbocycles. The maximum absolute atomic E-state index is 13.3. The van der Waals surface area contributed by atoms with Crippen molar-refractivity contribution in [1.82, 2.24) is 4.31 Å². The van der Waals surface area contributed by atoms with Gasteiger partial charge in [0.1, 0.15) is 5.82 Å². The first kappa shape index (κ1) is 25.8. The Hall–Kier alpha value is -2.49. The molecular formula is C23H32FN3O4S. The third-order valence-corrected chi connectivity index (χ3v) is 6.64. The molecule has 0 fully saturated rings. The highest BCUT2D eigenvalue weighted by atomic mass is 32.2. The minimum Gasteiger partial charge on any atom is -0.383 e. The van der Waals surface area contributed by atoms with Crippen LogP contribution in [0.4, 0.5) is 15.8 Å². The van der Waals surface area contributed by atoms with Crippen molar-refractivity contribution in [1.29, 1.82) is 0 Å². The number of hydrogen-bond acceptors (Lipinski definition) is 5. The third kappa shape index (κ3) is 7.01. The van der Waals surface area contributed by atoms with Gasteiger partial charge in [0.2, 0.25) is 15.9 Å². The SMILES string of the molecule is COCCN(Cc1cc(NC(=O)CC(C)C)ccc1N(C)C)S(=O)(=O)c1ccc(F)cc1. The van der Waals surface area contributed by atoms with Crippen LogP contribution in [-0.4, -0.2) is 53.0 Å². The quantitative estimate of drug-likeness (QED) is 0.547. The van der Waals surface area contributed by atoms with Crippen LogP contribution < -0.4 is 10.2 Å². The minimum absolute atomic E-state index is 0.00259. The largest absolute Gasteiger partial charge is 0.383 e. The van der Waals surface area contributed by atoms with E-state index in [1.54, 1.807) is 12.1 Å². The summed E-state index contributed by atoms with van der Waals surface area (Å²) in [6, 6.07) is 10.2. The number of sulfonamides is 1. The third-order valence-electron chi connectivity index (χ3n) is 4.78. The fourth-order valence-electron chi connectivity index (χ4n) is 3.23. The van der Waals surface area contributed by atoms with Crippen molar-refractivity contribution in [3.63, 3.8) is 0 Å². The summed E-state index contributed by atoms with van der Waals surface area (Å²) in [5, 5.41) is 2.88. The monoisotopic (exact) mass is 465 g/mol. The van der Waals surface area contributed by atoms with E-state index in [9.17, 15) is 17.6 Å². The van der Waals surface area contributed by atoms with Crippen LogP contribution in [0, 0.1) is 11.7 Å². The van der Waals surface area contributed by atoms with Crippen LogP contribution in [0.25, 0.3) is 0 Å². The van der Waals surface area contributed by atoms with Gasteiger partial charge in [-0.05, 0) is 53.9 Å². The molecule has 0 aliphatic rings. The lowest BCUT2D eigenvalue weighted by Gasteiger charge is -2.25. The van der Waals surface area contributed by atoms with Crippen molar-refractivity contribution in [2.75, 3.05) is 44.6 Å². The molecule has 2 aromatic rings. The lowest BCUT2D eigenvalue weighted by Crippen LogP contribution is -2.34. The molecule has 176 valence electrons. The highest BCUT2D eigenvalue weighted by molar-refractivity contribution is 7.89. The second-order valence-electron chi connectivity index (χ2n) is 8.17. The Morgan fingerprint density at radius 3 is 2.34 bits per heavy atom. The molecule has 2 rings (SSSR count). The highest BCUT2D eigenvalue weighted by Crippen LogP contribution is 2.27. The van der Waals surface area contributed by atoms with Crippen molar-refractivity contribution < 1.29 is 22.3 Å². The van der Waals surface area contributed by atoms with Crippen molar-refractivity contribution in [2.45, 2.75) is 31.7 Å². The molecule has 0 radical (unpaired) electrons. The Bertz CT molecular complexity index is 1010. The van der Waals surface area contributed by atoms with Crippen LogP contribution in [-0.2, 0) is 26.1 Å². The van der Waals surface area contributed by atoms with Gasteiger partial charge in [0.25, 0.3) is 0 Å². The van der Waals surface area contributed by atoms with E-state index in [0.29, 0.717) is 12.1 Å². The Balaban J connectivity index is 2.41. The normalized spacial score (nSPS) is 11.8. The molecule has 0 aliphatic heterocycles. The van der Waals surface area contributed by atoms with Crippen molar-refractivity contribution in [2.24, 2.45) is 5.92 Å². The van der Waals surface area contributed by atoms with E-state index in [4.69, 9.17) is 4.74 Å². The number of hydrogen-bond donors (Lipinski definition) is 1. The average molecular weight is 466 g/mol. The van der Waals surface area contributed by atoms with Crippen molar-refractivity contribution in [3.8, 4) is 0 Å². The Labute approximate surface area is 190 Å². The maximum Gasteiger partial charge on any atom is 0.243 e. The topological polar surface area (TPSA) is 79.0 Å². The molecule has 0 heterocycles. The minimum atomic E-state index is -3.90. The average Bonchev–Trinajstić information content (AvgIpc) is 2.70. The number of benzene rings is 2. The van der Waals surface area contributed by atoms with E-state index in [-0.39, 0.29) is 36.4 Å². The zero-order valence-electron chi connectivity index (χ0n) is 19.3. The number of halogens is 1. The van der Waals surface area contributed by atoms with Crippen LogP contribution in [0.2, 0.25) is 0 Å². The van der Waals surface area contributed by atoms with Gasteiger partial charge >= 0.3 is 0 Å². The molecule has 0 spiro atoms. The molecule has 1 amide bonds. The van der Waals surface area contributed by atoms with Crippen LogP contribution in [0.3, 0.4) is 0 Å². The molecule has 9 heteroatoms. The molecule has 0 bridgehead atoms. The summed E-state index contributed by atoms with van der Waals surface area (Å²) in [5.74, 6) is -0.383. The first-order chi connectivity index (χ1) is 15.0. The van der Waals surface area contributed by atoms with Gasteiger partial charge in [-0.25, -0.2) is 12.8 Å². The fourth-order valence-corrected chi connectivity index (χ4v) is 4.63. The number of anilines is 2. The number of carbonyl (C=O) groups excluding carboxylic acids is 1. The van der Waals surface area contributed by atoms with E-state index >= 15 is 0 Å². The summed E-state index contributed by atoms with van der Waals surface area (Å²) >= 11 is 0. The van der Waals surface area contributed by atoms with E-state index in [2.05, 4.69) is 5.32 Å². The van der Waals surface area contributed by atoms with Crippen molar-refractivity contribution in [3.05, 3.63) is 53.8 Å². The molecule has 0 saturated heterocycles. The van der Waals surface area contributed by atoms with Gasteiger partial charge in [-0.1, -0.05) is 13.8 Å². The number of ether oxygens (including phenoxy) is 1. The lowest BCUT2D eigenvalue weighted by atomic mass is 10.1. The Kier molecular flexibility index (Phi) is 9.18. The highest BCUT2D eigenvalue weighted by Gasteiger charge is 2.26. The van der Waals surface area contributed by atoms with Gasteiger partial charge in [-0.2, -0.15) is 4.31 Å². The molecule has 0 aliphatic carbocycles. The van der Waals surface area contributed by atoms with Crippen LogP contribution >= 0.6 is 0 Å². The first-order valence-electron chi connectivity index (χ1n) is 10.4. The zero-order valence-corrected chi connectivity index (χ0v) is 20.1. The molecule has 0 aromatic heterocycles. The number of nitrogens with zero attached hydrogens (tertiary/aromatic N) is 2. The Morgan fingerprint density at radius 1 is 1.12 bits per heavy atom. The second kappa shape index (κ2) is 11.4. The Morgan fingerprint density at radius 2 is 1.78 bits per heavy atom. The first-order valence-corrected chi connectivity index (χ1v) is 11.8. The predicted octanol–water partition coefficient (Wildman–Crippen LogP) is 3.71. The zero-order chi connectivity index (χ0) is 23.9. The van der Waals surface area contributed by atoms with Gasteiger partial charge in [-0.3, -0.25) is 4.79 Å². The summed E-state index contributed by atoms with van der Waals surface area (Å²) in [6.45, 7) is 4.31. The van der Waals surface area contributed by atoms with Crippen LogP contribution in [0.1, 0.15) is 25.8 Å². The summed E-state index contributed by atoms with van der Waals surface area (Å²) in [4.78, 5) is 14.1. The number of rotatable bonds is 11. The number of carbonyl (C=O) groups is 1. The molecule has 0 unspecified atom stereocenters. The maximum atomic E-state index is 13.3. The fraction of sp³-hybridized carbons (Fsp3) is 0.435. The van der Waals surface area contributed by atoms with E-state index in [1.165, 1.54) is 23.5 Å². The molecular weight excluding hydrogens is 433 g/mol. The van der Waals surface area contributed by atoms with E-state index in [1.807, 2.05) is 38.9 Å². The molecule has 32 heavy (non-hydrogen) atoms. The van der Waals surface area contributed by atoms with Crippen LogP contribution in [0.5, 0.6) is 0 Å². The van der Waals surface area contributed by atoms with Crippen molar-refractivity contribution >= 4 is 27.3 Å². The predicted molar refractivity (Wildman–Crippen MR) is 125 cm³/mol. The standard InChI is InChI=1S/C23H32FN3O4S/c1-17(2)14-23(28)25-20-8-11-22(26(3)4)18(15-20)16-27(12-13-31-5)32(29,30)21-9-6-19(24)7-10-21/h6-11,15,17H,12-14,16H2,1-5H3,(H,25,28). The summed E-state index contributed by atoms with van der Waals surface area (Å²) in [5.41, 5.74) is 2.14. The summed E-state index contributed by atoms with van der Waals surface area (Å²) in [6.07, 6.45) is 0.393. The molecule has 7 nitrogen and oxygen atoms in total. The summed E-state index contributed by atoms with van der Waals surface area (Å²) < 4.78 is 46.3. The van der Waals surface area contributed by atoms with Gasteiger partial charge in [-0.15, -0.1) is 0 Å². The molecule has 0 atom stereocenters. The number of nitrogens with one attached hydrogen (secondary N) is 1. The van der Waals surface area contributed by atoms with Gasteiger partial charge in [0.15, 0.2) is 0 Å². The lowest BCUT2D eigenvalue weighted by molar-refractivity contribution is -0.116. The van der Waals surface area contributed by atoms with E-state index in [0.717, 1.165) is 23.4 Å². The number of methoxy groups -OCH3 is 1. The smallest absolute Gasteiger partial charge is 0.243 e. The second-order valence-corrected chi connectivity index (χ2v) is 10.1. The molecule has 2 aromatic carbocycles. The van der Waals surface area contributed by atoms with Gasteiger partial charge in [0, 0.05) is 52.1 Å². The van der Waals surface area contributed by atoms with E-state index < -0.39 is 15.8 Å². The van der Waals surface area contributed by atoms with Gasteiger partial charge < -0.3 is 15.0 Å². The summed E-state index contributed by atoms with van der Waals surface area (Å²) in [7, 11) is 1.33. The van der Waals surface area contributed by atoms with Gasteiger partial charge in [0.05, 0.1) is 11.5 Å².